The predicted molar refractivity (Wildman–Crippen MR) is 366 cm³/mol. The lowest BCUT2D eigenvalue weighted by atomic mass is 9.84. The maximum absolute atomic E-state index is 10.3. The standard InChI is InChI=1S/C33H45N5O2S.C30H53N5O.C2H4O2.2C2H6/c1-7-38-30-11-8-23(29(20-41)34-5)16-26(30)28(18-33(3,4)21-39)32(38)27-17-25(19-35-31(27)22(2)40-6)37-14-12-36(13-15-37)24-9-10-24;1-7-28(25(2)3)33-20-12-8-14-23-36-30-19-10-9-17-27(30)24-35(6)22-15-18-29(32-5)26(4)16-11-13-21-34-31;1-4-2-3;2*1-2/h8,11,16-17,19-20,22,24,39,41H,5,7,9-10,12-15,18,21H2,1-4,6H3;7,9-10,15,17,19,22,25,28-29,32-34H,1,4,8,11-14,16,18,20-21,23-24,31H2,2-3,5-6H3;2H,1H3;2*1-2H3/b29-20-;;;;. The van der Waals surface area contributed by atoms with Crippen LogP contribution in [0.25, 0.3) is 27.9 Å². The van der Waals surface area contributed by atoms with Crippen molar-refractivity contribution >= 4 is 48.1 Å². The molecule has 0 spiro atoms. The first-order chi connectivity index (χ1) is 41.1. The van der Waals surface area contributed by atoms with Crippen LogP contribution in [0.15, 0.2) is 102 Å². The van der Waals surface area contributed by atoms with Crippen LogP contribution < -0.4 is 31.5 Å². The van der Waals surface area contributed by atoms with E-state index in [1.807, 2.05) is 53.1 Å². The SMILES string of the molecule is C=CC(NCCCCCOc1ccccc1CN(C)C=CCC(NC)C(=C)CCCCNN)C(C)C.C=N/C(=C\S)c1ccc2c(c1)c(CC(C)(C)CO)c(-c1cc(N3CCN(C4CC4)CC3)cnc1C(C)OC)n2CC.CC.CC.COC=O. The molecule has 6 rings (SSSR count). The number of carbonyl (C=O) groups is 1. The fourth-order valence-corrected chi connectivity index (χ4v) is 10.6. The zero-order valence-electron chi connectivity index (χ0n) is 55.0. The molecule has 0 radical (unpaired) electrons. The molecule has 2 aromatic carbocycles. The monoisotopic (exact) mass is 1190 g/mol. The number of rotatable bonds is 34. The molecular weight excluding hydrogens is 1080 g/mol. The van der Waals surface area contributed by atoms with E-state index in [1.54, 1.807) is 12.5 Å². The van der Waals surface area contributed by atoms with Gasteiger partial charge in [0.1, 0.15) is 5.75 Å². The highest BCUT2D eigenvalue weighted by Gasteiger charge is 2.33. The second kappa shape index (κ2) is 42.5. The number of aliphatic hydroxyl groups is 1. The molecule has 15 nitrogen and oxygen atoms in total. The van der Waals surface area contributed by atoms with E-state index >= 15 is 0 Å². The third kappa shape index (κ3) is 25.1. The van der Waals surface area contributed by atoms with Crippen LogP contribution in [-0.4, -0.2) is 137 Å². The molecule has 16 heteroatoms. The lowest BCUT2D eigenvalue weighted by Gasteiger charge is -2.36. The summed E-state index contributed by atoms with van der Waals surface area (Å²) in [4.78, 5) is 25.5. The van der Waals surface area contributed by atoms with Crippen LogP contribution in [-0.2, 0) is 33.8 Å². The molecule has 2 fully saturated rings. The van der Waals surface area contributed by atoms with E-state index < -0.39 is 0 Å². The number of methoxy groups -OCH3 is 2. The molecule has 1 aliphatic carbocycles. The number of unbranched alkanes of at least 4 members (excludes halogenated alkanes) is 3. The highest BCUT2D eigenvalue weighted by molar-refractivity contribution is 7.83. The molecule has 1 saturated carbocycles. The Balaban J connectivity index is 0.000000521. The number of aliphatic hydroxyl groups excluding tert-OH is 1. The summed E-state index contributed by atoms with van der Waals surface area (Å²) >= 11 is 4.38. The van der Waals surface area contributed by atoms with Crippen molar-refractivity contribution in [2.24, 2.45) is 22.2 Å². The van der Waals surface area contributed by atoms with Crippen molar-refractivity contribution in [1.29, 1.82) is 0 Å². The van der Waals surface area contributed by atoms with Gasteiger partial charge >= 0.3 is 0 Å². The molecule has 6 N–H and O–H groups in total. The van der Waals surface area contributed by atoms with Gasteiger partial charge in [0.15, 0.2) is 0 Å². The van der Waals surface area contributed by atoms with Crippen LogP contribution in [0.4, 0.5) is 5.69 Å². The Bertz CT molecular complexity index is 2590. The second-order valence-electron chi connectivity index (χ2n) is 22.5. The number of thiol groups is 1. The van der Waals surface area contributed by atoms with Gasteiger partial charge in [-0.05, 0) is 151 Å². The fraction of sp³-hybridized carbons (Fsp3) is 0.580. The van der Waals surface area contributed by atoms with Crippen molar-refractivity contribution in [2.75, 3.05) is 85.7 Å². The van der Waals surface area contributed by atoms with Gasteiger partial charge in [0.05, 0.1) is 48.8 Å². The molecule has 3 unspecified atom stereocenters. The number of likely N-dealkylation sites (N-methyl/N-ethyl adjacent to an activating group) is 1. The van der Waals surface area contributed by atoms with Crippen LogP contribution in [0.3, 0.4) is 0 Å². The molecule has 1 aliphatic heterocycles. The molecule has 0 bridgehead atoms. The molecule has 2 aliphatic rings. The maximum atomic E-state index is 10.3. The van der Waals surface area contributed by atoms with Gasteiger partial charge in [-0.15, -0.1) is 19.2 Å². The highest BCUT2D eigenvalue weighted by Crippen LogP contribution is 2.43. The summed E-state index contributed by atoms with van der Waals surface area (Å²) in [6.07, 6.45) is 19.1. The van der Waals surface area contributed by atoms with Crippen LogP contribution in [0.2, 0.25) is 0 Å². The van der Waals surface area contributed by atoms with Gasteiger partial charge < -0.3 is 44.3 Å². The Morgan fingerprint density at radius 1 is 1.00 bits per heavy atom. The van der Waals surface area contributed by atoms with E-state index in [1.165, 1.54) is 36.7 Å². The number of hydrogen-bond acceptors (Lipinski definition) is 15. The van der Waals surface area contributed by atoms with E-state index in [0.29, 0.717) is 30.9 Å². The molecule has 4 aromatic rings. The number of aryl methyl sites for hydroxylation is 1. The number of anilines is 1. The van der Waals surface area contributed by atoms with Crippen molar-refractivity contribution in [3.05, 3.63) is 120 Å². The number of nitrogens with two attached hydrogens (primary N) is 1. The van der Waals surface area contributed by atoms with Crippen molar-refractivity contribution in [3.8, 4) is 17.0 Å². The van der Waals surface area contributed by atoms with Crippen LogP contribution in [0.1, 0.15) is 156 Å². The van der Waals surface area contributed by atoms with Crippen molar-refractivity contribution in [3.63, 3.8) is 0 Å². The first kappa shape index (κ1) is 75.8. The third-order valence-corrected chi connectivity index (χ3v) is 15.6. The smallest absolute Gasteiger partial charge is 0.292 e. The first-order valence-electron chi connectivity index (χ1n) is 31.4. The second-order valence-corrected chi connectivity index (χ2v) is 22.7. The number of ether oxygens (including phenoxy) is 3. The molecule has 1 saturated heterocycles. The van der Waals surface area contributed by atoms with Gasteiger partial charge in [0.2, 0.25) is 0 Å². The van der Waals surface area contributed by atoms with E-state index in [9.17, 15) is 5.11 Å². The fourth-order valence-electron chi connectivity index (χ4n) is 10.3. The minimum absolute atomic E-state index is 0.0891. The number of aliphatic imine (C=N–C) groups is 1. The zero-order valence-corrected chi connectivity index (χ0v) is 55.9. The molecular formula is C69H114N10O5S. The van der Waals surface area contributed by atoms with Gasteiger partial charge in [0, 0.05) is 112 Å². The Labute approximate surface area is 520 Å². The van der Waals surface area contributed by atoms with Gasteiger partial charge in [0.25, 0.3) is 6.47 Å². The van der Waals surface area contributed by atoms with Gasteiger partial charge in [-0.25, -0.2) is 0 Å². The summed E-state index contributed by atoms with van der Waals surface area (Å²) in [5.41, 5.74) is 13.2. The summed E-state index contributed by atoms with van der Waals surface area (Å²) in [6.45, 7) is 41.8. The van der Waals surface area contributed by atoms with Crippen molar-refractivity contribution in [1.82, 2.24) is 35.4 Å². The number of hydrazine groups is 1. The summed E-state index contributed by atoms with van der Waals surface area (Å²) in [5.74, 6) is 6.91. The van der Waals surface area contributed by atoms with E-state index in [2.05, 4.69) is 181 Å². The summed E-state index contributed by atoms with van der Waals surface area (Å²) in [5, 5.41) is 20.1. The zero-order chi connectivity index (χ0) is 63.3. The highest BCUT2D eigenvalue weighted by atomic mass is 32.1. The molecule has 2 aromatic heterocycles. The summed E-state index contributed by atoms with van der Waals surface area (Å²) < 4.78 is 18.3. The molecule has 85 heavy (non-hydrogen) atoms. The first-order valence-corrected chi connectivity index (χ1v) is 31.9. The summed E-state index contributed by atoms with van der Waals surface area (Å²) in [7, 11) is 7.17. The summed E-state index contributed by atoms with van der Waals surface area (Å²) in [6, 6.07) is 18.6. The Hall–Kier alpha value is -5.30. The quantitative estimate of drug-likeness (QED) is 0.00498. The van der Waals surface area contributed by atoms with Crippen LogP contribution in [0, 0.1) is 11.3 Å². The Kier molecular flexibility index (Phi) is 37.9. The van der Waals surface area contributed by atoms with Gasteiger partial charge in [-0.1, -0.05) is 104 Å². The lowest BCUT2D eigenvalue weighted by Crippen LogP contribution is -2.47. The van der Waals surface area contributed by atoms with Crippen molar-refractivity contribution in [2.45, 2.75) is 171 Å². The average Bonchev–Trinajstić information content (AvgIpc) is 1.91. The third-order valence-electron chi connectivity index (χ3n) is 15.4. The predicted octanol–water partition coefficient (Wildman–Crippen LogP) is 13.2. The molecule has 0 amide bonds. The number of piperazine rings is 1. The number of aromatic nitrogens is 2. The maximum Gasteiger partial charge on any atom is 0.292 e. The Morgan fingerprint density at radius 3 is 2.26 bits per heavy atom. The van der Waals surface area contributed by atoms with Crippen LogP contribution in [0.5, 0.6) is 5.75 Å². The largest absolute Gasteiger partial charge is 0.493 e. The van der Waals surface area contributed by atoms with E-state index in [0.717, 1.165) is 161 Å². The van der Waals surface area contributed by atoms with Crippen molar-refractivity contribution < 1.29 is 24.1 Å². The average molecular weight is 1200 g/mol. The molecule has 3 heterocycles. The normalized spacial score (nSPS) is 14.6. The topological polar surface area (TPSA) is 167 Å². The number of nitrogens with one attached hydrogen (secondary N) is 3. The lowest BCUT2D eigenvalue weighted by molar-refractivity contribution is -0.126. The number of benzene rings is 2. The van der Waals surface area contributed by atoms with Crippen LogP contribution >= 0.6 is 12.6 Å². The number of carbonyl (C=O) groups excluding carboxylic acids is 1. The number of pyridine rings is 1. The minimum atomic E-state index is -0.312. The number of hydrogen-bond donors (Lipinski definition) is 6. The van der Waals surface area contributed by atoms with E-state index in [-0.39, 0.29) is 18.1 Å². The molecule has 3 atom stereocenters. The van der Waals surface area contributed by atoms with Gasteiger partial charge in [-0.3, -0.25) is 30.9 Å². The Morgan fingerprint density at radius 2 is 1.68 bits per heavy atom. The minimum Gasteiger partial charge on any atom is -0.493 e. The van der Waals surface area contributed by atoms with E-state index in [4.69, 9.17) is 25.1 Å². The number of nitrogens with zero attached hydrogens (tertiary/aromatic N) is 6. The molecule has 476 valence electrons. The number of para-hydroxylation sites is 1. The number of fused-ring (bicyclic) bond motifs is 1. The van der Waals surface area contributed by atoms with Gasteiger partial charge in [-0.2, -0.15) is 0 Å².